The highest BCUT2D eigenvalue weighted by molar-refractivity contribution is 6.43. The molecule has 5 heteroatoms. The minimum Gasteiger partial charge on any atom is -0.465 e. The summed E-state index contributed by atoms with van der Waals surface area (Å²) >= 11 is 6.05. The highest BCUT2D eigenvalue weighted by Gasteiger charge is 2.43. The van der Waals surface area contributed by atoms with Crippen molar-refractivity contribution in [1.29, 1.82) is 0 Å². The third-order valence-corrected chi connectivity index (χ3v) is 4.48. The minimum absolute atomic E-state index is 0.153. The standard InChI is InChI=1S/C16H23ClO4/c1-6-10-11(7-2)16(8-3,9-4)21-14(18)12(10)13(17)15(19)20-5/h6-9H2,1-5H3/b13-12+. The van der Waals surface area contributed by atoms with Crippen LogP contribution in [0.2, 0.25) is 0 Å². The number of methoxy groups -OCH3 is 1. The number of cyclic esters (lactones) is 1. The van der Waals surface area contributed by atoms with Crippen molar-refractivity contribution in [3.05, 3.63) is 21.8 Å². The number of esters is 2. The van der Waals surface area contributed by atoms with Crippen molar-refractivity contribution in [2.45, 2.75) is 59.0 Å². The van der Waals surface area contributed by atoms with Gasteiger partial charge in [0.25, 0.3) is 0 Å². The van der Waals surface area contributed by atoms with E-state index in [0.717, 1.165) is 17.6 Å². The first-order valence-electron chi connectivity index (χ1n) is 7.36. The topological polar surface area (TPSA) is 52.6 Å². The molecule has 0 saturated carbocycles. The normalized spacial score (nSPS) is 20.2. The third-order valence-electron chi connectivity index (χ3n) is 4.14. The van der Waals surface area contributed by atoms with Crippen LogP contribution in [0.25, 0.3) is 0 Å². The van der Waals surface area contributed by atoms with E-state index in [1.165, 1.54) is 7.11 Å². The van der Waals surface area contributed by atoms with Gasteiger partial charge in [-0.05, 0) is 36.8 Å². The fourth-order valence-electron chi connectivity index (χ4n) is 3.00. The Labute approximate surface area is 131 Å². The molecule has 0 radical (unpaired) electrons. The van der Waals surface area contributed by atoms with E-state index < -0.39 is 17.5 Å². The van der Waals surface area contributed by atoms with Gasteiger partial charge in [0.05, 0.1) is 12.7 Å². The molecule has 1 aliphatic heterocycles. The first-order valence-corrected chi connectivity index (χ1v) is 7.74. The molecule has 0 amide bonds. The second kappa shape index (κ2) is 7.12. The Hall–Kier alpha value is -1.29. The number of hydrogen-bond donors (Lipinski definition) is 0. The van der Waals surface area contributed by atoms with Crippen molar-refractivity contribution in [3.63, 3.8) is 0 Å². The molecule has 0 fully saturated rings. The number of carbonyl (C=O) groups is 2. The van der Waals surface area contributed by atoms with Crippen LogP contribution < -0.4 is 0 Å². The molecule has 0 aromatic carbocycles. The summed E-state index contributed by atoms with van der Waals surface area (Å²) in [6.07, 6.45) is 2.76. The second-order valence-corrected chi connectivity index (χ2v) is 5.31. The zero-order valence-electron chi connectivity index (χ0n) is 13.3. The van der Waals surface area contributed by atoms with Gasteiger partial charge in [0.1, 0.15) is 10.6 Å². The molecule has 0 unspecified atom stereocenters. The Bertz CT molecular complexity index is 498. The molecule has 1 aliphatic rings. The number of rotatable bonds is 5. The molecule has 21 heavy (non-hydrogen) atoms. The quantitative estimate of drug-likeness (QED) is 0.570. The molecule has 0 aromatic rings. The molecule has 0 bridgehead atoms. The molecule has 1 rings (SSSR count). The lowest BCUT2D eigenvalue weighted by atomic mass is 9.78. The third kappa shape index (κ3) is 3.00. The van der Waals surface area contributed by atoms with Crippen LogP contribution in [0.4, 0.5) is 0 Å². The van der Waals surface area contributed by atoms with E-state index in [1.807, 2.05) is 27.7 Å². The molecule has 0 aliphatic carbocycles. The first-order chi connectivity index (χ1) is 9.92. The SMILES string of the molecule is CCC1=C(CC)C(CC)(CC)OC(=O)/C1=C(/Cl)C(=O)OC. The summed E-state index contributed by atoms with van der Waals surface area (Å²) < 4.78 is 10.3. The van der Waals surface area contributed by atoms with Crippen LogP contribution in [-0.2, 0) is 19.1 Å². The van der Waals surface area contributed by atoms with E-state index in [1.54, 1.807) is 0 Å². The Morgan fingerprint density at radius 3 is 2.14 bits per heavy atom. The maximum Gasteiger partial charge on any atom is 0.350 e. The highest BCUT2D eigenvalue weighted by Crippen LogP contribution is 2.43. The number of halogens is 1. The van der Waals surface area contributed by atoms with Crippen LogP contribution >= 0.6 is 11.6 Å². The largest absolute Gasteiger partial charge is 0.465 e. The highest BCUT2D eigenvalue weighted by atomic mass is 35.5. The van der Waals surface area contributed by atoms with E-state index in [4.69, 9.17) is 16.3 Å². The lowest BCUT2D eigenvalue weighted by Gasteiger charge is -2.40. The van der Waals surface area contributed by atoms with Gasteiger partial charge in [-0.1, -0.05) is 39.3 Å². The Morgan fingerprint density at radius 2 is 1.76 bits per heavy atom. The van der Waals surface area contributed by atoms with Crippen molar-refractivity contribution >= 4 is 23.5 Å². The average molecular weight is 315 g/mol. The minimum atomic E-state index is -0.717. The molecule has 0 N–H and O–H groups in total. The summed E-state index contributed by atoms with van der Waals surface area (Å²) in [7, 11) is 1.23. The number of hydrogen-bond acceptors (Lipinski definition) is 4. The van der Waals surface area contributed by atoms with Gasteiger partial charge >= 0.3 is 11.9 Å². The van der Waals surface area contributed by atoms with E-state index in [2.05, 4.69) is 4.74 Å². The number of carbonyl (C=O) groups excluding carboxylic acids is 2. The fraction of sp³-hybridized carbons (Fsp3) is 0.625. The first kappa shape index (κ1) is 17.8. The van der Waals surface area contributed by atoms with Crippen LogP contribution in [0.1, 0.15) is 53.4 Å². The molecule has 118 valence electrons. The van der Waals surface area contributed by atoms with Crippen molar-refractivity contribution in [1.82, 2.24) is 0 Å². The van der Waals surface area contributed by atoms with Gasteiger partial charge < -0.3 is 9.47 Å². The van der Waals surface area contributed by atoms with Gasteiger partial charge in [-0.25, -0.2) is 9.59 Å². The molecule has 0 atom stereocenters. The van der Waals surface area contributed by atoms with Gasteiger partial charge in [0, 0.05) is 0 Å². The Balaban J connectivity index is 3.64. The molecule has 0 saturated heterocycles. The molecule has 0 aromatic heterocycles. The lowest BCUT2D eigenvalue weighted by Crippen LogP contribution is -2.41. The maximum absolute atomic E-state index is 12.4. The summed E-state index contributed by atoms with van der Waals surface area (Å²) in [5.41, 5.74) is 1.42. The molecular formula is C16H23ClO4. The van der Waals surface area contributed by atoms with E-state index >= 15 is 0 Å². The lowest BCUT2D eigenvalue weighted by molar-refractivity contribution is -0.154. The molecular weight excluding hydrogens is 292 g/mol. The van der Waals surface area contributed by atoms with Crippen molar-refractivity contribution in [3.8, 4) is 0 Å². The Kier molecular flexibility index (Phi) is 6.02. The molecule has 1 heterocycles. The van der Waals surface area contributed by atoms with E-state index in [0.29, 0.717) is 19.3 Å². The fourth-order valence-corrected chi connectivity index (χ4v) is 3.27. The van der Waals surface area contributed by atoms with E-state index in [9.17, 15) is 9.59 Å². The predicted molar refractivity (Wildman–Crippen MR) is 81.9 cm³/mol. The van der Waals surface area contributed by atoms with Gasteiger partial charge in [-0.3, -0.25) is 0 Å². The molecule has 4 nitrogen and oxygen atoms in total. The van der Waals surface area contributed by atoms with Gasteiger partial charge in [-0.2, -0.15) is 0 Å². The number of ether oxygens (including phenoxy) is 2. The molecule has 0 spiro atoms. The summed E-state index contributed by atoms with van der Waals surface area (Å²) in [4.78, 5) is 24.1. The monoisotopic (exact) mass is 314 g/mol. The van der Waals surface area contributed by atoms with Crippen molar-refractivity contribution in [2.75, 3.05) is 7.11 Å². The smallest absolute Gasteiger partial charge is 0.350 e. The van der Waals surface area contributed by atoms with Crippen molar-refractivity contribution < 1.29 is 19.1 Å². The summed E-state index contributed by atoms with van der Waals surface area (Å²) in [5.74, 6) is -1.26. The Morgan fingerprint density at radius 1 is 1.19 bits per heavy atom. The van der Waals surface area contributed by atoms with Crippen LogP contribution in [-0.4, -0.2) is 24.6 Å². The summed E-state index contributed by atoms with van der Waals surface area (Å²) in [6, 6.07) is 0. The van der Waals surface area contributed by atoms with Crippen LogP contribution in [0.5, 0.6) is 0 Å². The van der Waals surface area contributed by atoms with Gasteiger partial charge in [-0.15, -0.1) is 0 Å². The second-order valence-electron chi connectivity index (χ2n) is 4.94. The van der Waals surface area contributed by atoms with Gasteiger partial charge in [0.2, 0.25) is 0 Å². The average Bonchev–Trinajstić information content (AvgIpc) is 2.51. The summed E-state index contributed by atoms with van der Waals surface area (Å²) in [6.45, 7) is 7.96. The van der Waals surface area contributed by atoms with E-state index in [-0.39, 0.29) is 10.6 Å². The van der Waals surface area contributed by atoms with Gasteiger partial charge in [0.15, 0.2) is 0 Å². The van der Waals surface area contributed by atoms with Crippen LogP contribution in [0.3, 0.4) is 0 Å². The summed E-state index contributed by atoms with van der Waals surface area (Å²) in [5, 5.41) is -0.203. The van der Waals surface area contributed by atoms with Crippen LogP contribution in [0.15, 0.2) is 21.8 Å². The van der Waals surface area contributed by atoms with Crippen LogP contribution in [0, 0.1) is 0 Å². The zero-order valence-corrected chi connectivity index (χ0v) is 14.1. The maximum atomic E-state index is 12.4. The predicted octanol–water partition coefficient (Wildman–Crippen LogP) is 3.88. The zero-order chi connectivity index (χ0) is 16.2. The van der Waals surface area contributed by atoms with Crippen molar-refractivity contribution in [2.24, 2.45) is 0 Å².